The first-order chi connectivity index (χ1) is 12.3. The van der Waals surface area contributed by atoms with Gasteiger partial charge in [0.1, 0.15) is 0 Å². The highest BCUT2D eigenvalue weighted by molar-refractivity contribution is 7.92. The lowest BCUT2D eigenvalue weighted by molar-refractivity contribution is 0.0690. The second kappa shape index (κ2) is 7.11. The summed E-state index contributed by atoms with van der Waals surface area (Å²) >= 11 is 0. The average molecular weight is 372 g/mol. The van der Waals surface area contributed by atoms with Crippen LogP contribution in [0, 0.1) is 0 Å². The number of rotatable bonds is 6. The van der Waals surface area contributed by atoms with Crippen molar-refractivity contribution in [2.75, 3.05) is 11.4 Å². The van der Waals surface area contributed by atoms with Crippen LogP contribution in [0.25, 0.3) is 0 Å². The third-order valence-electron chi connectivity index (χ3n) is 4.61. The molecule has 0 aromatic heterocycles. The van der Waals surface area contributed by atoms with Crippen LogP contribution in [-0.2, 0) is 10.0 Å². The molecular weight excluding hydrogens is 348 g/mol. The van der Waals surface area contributed by atoms with E-state index >= 15 is 0 Å². The molecule has 5 nitrogen and oxygen atoms in total. The van der Waals surface area contributed by atoms with Crippen LogP contribution in [0.1, 0.15) is 37.0 Å². The maximum absolute atomic E-state index is 12.8. The minimum Gasteiger partial charge on any atom is -0.333 e. The van der Waals surface area contributed by atoms with E-state index in [1.807, 2.05) is 24.8 Å². The summed E-state index contributed by atoms with van der Waals surface area (Å²) in [6, 6.07) is 15.6. The quantitative estimate of drug-likeness (QED) is 0.779. The molecular formula is C20H24N2O3S. The Balaban J connectivity index is 1.84. The van der Waals surface area contributed by atoms with Crippen LogP contribution >= 0.6 is 0 Å². The molecule has 2 aromatic rings. The van der Waals surface area contributed by atoms with Crippen LogP contribution in [-0.4, -0.2) is 38.4 Å². The Kier molecular flexibility index (Phi) is 5.05. The predicted molar refractivity (Wildman–Crippen MR) is 103 cm³/mol. The number of para-hydroxylation sites is 1. The topological polar surface area (TPSA) is 57.7 Å². The standard InChI is InChI=1S/C20H24N2O3S/c1-15(2)22(18-11-12-18)20(23)16-9-13-19(14-10-16)26(24,25)21(3)17-7-5-4-6-8-17/h4-10,13-15,18H,11-12H2,1-3H3. The van der Waals surface area contributed by atoms with E-state index in [1.54, 1.807) is 36.4 Å². The van der Waals surface area contributed by atoms with E-state index in [9.17, 15) is 13.2 Å². The summed E-state index contributed by atoms with van der Waals surface area (Å²) in [6.07, 6.45) is 2.08. The van der Waals surface area contributed by atoms with Gasteiger partial charge in [-0.05, 0) is 63.1 Å². The van der Waals surface area contributed by atoms with Gasteiger partial charge in [-0.1, -0.05) is 18.2 Å². The van der Waals surface area contributed by atoms with Crippen LogP contribution in [0.3, 0.4) is 0 Å². The largest absolute Gasteiger partial charge is 0.333 e. The van der Waals surface area contributed by atoms with Crippen molar-refractivity contribution in [3.8, 4) is 0 Å². The summed E-state index contributed by atoms with van der Waals surface area (Å²) in [5.74, 6) is -0.0390. The highest BCUT2D eigenvalue weighted by Crippen LogP contribution is 2.30. The van der Waals surface area contributed by atoms with Gasteiger partial charge in [0.05, 0.1) is 10.6 Å². The van der Waals surface area contributed by atoms with E-state index in [0.29, 0.717) is 17.3 Å². The summed E-state index contributed by atoms with van der Waals surface area (Å²) < 4.78 is 26.9. The second-order valence-electron chi connectivity index (χ2n) is 6.87. The molecule has 138 valence electrons. The van der Waals surface area contributed by atoms with Crippen LogP contribution in [0.15, 0.2) is 59.5 Å². The molecule has 0 radical (unpaired) electrons. The minimum atomic E-state index is -3.67. The molecule has 0 N–H and O–H groups in total. The summed E-state index contributed by atoms with van der Waals surface area (Å²) in [5.41, 5.74) is 1.11. The molecule has 26 heavy (non-hydrogen) atoms. The first-order valence-electron chi connectivity index (χ1n) is 8.79. The van der Waals surface area contributed by atoms with Gasteiger partial charge in [0, 0.05) is 24.7 Å². The normalized spacial score (nSPS) is 14.3. The van der Waals surface area contributed by atoms with Crippen molar-refractivity contribution in [1.29, 1.82) is 0 Å². The molecule has 1 amide bonds. The van der Waals surface area contributed by atoms with Gasteiger partial charge in [-0.2, -0.15) is 0 Å². The van der Waals surface area contributed by atoms with Crippen molar-refractivity contribution in [1.82, 2.24) is 4.90 Å². The molecule has 0 atom stereocenters. The van der Waals surface area contributed by atoms with Crippen molar-refractivity contribution in [2.24, 2.45) is 0 Å². The second-order valence-corrected chi connectivity index (χ2v) is 8.84. The lowest BCUT2D eigenvalue weighted by Crippen LogP contribution is -2.38. The smallest absolute Gasteiger partial charge is 0.264 e. The predicted octanol–water partition coefficient (Wildman–Crippen LogP) is 3.52. The lowest BCUT2D eigenvalue weighted by Gasteiger charge is -2.27. The molecule has 0 spiro atoms. The molecule has 0 unspecified atom stereocenters. The number of benzene rings is 2. The Morgan fingerprint density at radius 3 is 2.08 bits per heavy atom. The summed E-state index contributed by atoms with van der Waals surface area (Å²) in [5, 5.41) is 0. The summed E-state index contributed by atoms with van der Waals surface area (Å²) in [4.78, 5) is 14.8. The minimum absolute atomic E-state index is 0.0390. The Hall–Kier alpha value is -2.34. The lowest BCUT2D eigenvalue weighted by atomic mass is 10.1. The number of carbonyl (C=O) groups excluding carboxylic acids is 1. The van der Waals surface area contributed by atoms with Gasteiger partial charge >= 0.3 is 0 Å². The maximum Gasteiger partial charge on any atom is 0.264 e. The average Bonchev–Trinajstić information content (AvgIpc) is 3.46. The van der Waals surface area contributed by atoms with Crippen molar-refractivity contribution in [3.63, 3.8) is 0 Å². The van der Waals surface area contributed by atoms with Gasteiger partial charge < -0.3 is 4.90 Å². The molecule has 0 bridgehead atoms. The van der Waals surface area contributed by atoms with Gasteiger partial charge in [-0.3, -0.25) is 9.10 Å². The fourth-order valence-corrected chi connectivity index (χ4v) is 4.22. The highest BCUT2D eigenvalue weighted by Gasteiger charge is 2.34. The number of sulfonamides is 1. The summed E-state index contributed by atoms with van der Waals surface area (Å²) in [6.45, 7) is 4.01. The van der Waals surface area contributed by atoms with E-state index in [2.05, 4.69) is 0 Å². The zero-order valence-electron chi connectivity index (χ0n) is 15.3. The first kappa shape index (κ1) is 18.5. The number of carbonyl (C=O) groups is 1. The van der Waals surface area contributed by atoms with E-state index in [-0.39, 0.29) is 16.8 Å². The molecule has 1 fully saturated rings. The Labute approximate surface area is 155 Å². The molecule has 2 aromatic carbocycles. The van der Waals surface area contributed by atoms with Crippen molar-refractivity contribution >= 4 is 21.6 Å². The first-order valence-corrected chi connectivity index (χ1v) is 10.2. The van der Waals surface area contributed by atoms with E-state index in [0.717, 1.165) is 12.8 Å². The van der Waals surface area contributed by atoms with E-state index in [4.69, 9.17) is 0 Å². The van der Waals surface area contributed by atoms with Crippen LogP contribution < -0.4 is 4.31 Å². The fourth-order valence-electron chi connectivity index (χ4n) is 3.03. The fraction of sp³-hybridized carbons (Fsp3) is 0.350. The van der Waals surface area contributed by atoms with Gasteiger partial charge in [0.2, 0.25) is 0 Å². The van der Waals surface area contributed by atoms with E-state index < -0.39 is 10.0 Å². The van der Waals surface area contributed by atoms with Gasteiger partial charge in [0.15, 0.2) is 0 Å². The number of nitrogens with zero attached hydrogens (tertiary/aromatic N) is 2. The molecule has 3 rings (SSSR count). The van der Waals surface area contributed by atoms with Crippen LogP contribution in [0.5, 0.6) is 0 Å². The maximum atomic E-state index is 12.8. The zero-order valence-corrected chi connectivity index (χ0v) is 16.1. The van der Waals surface area contributed by atoms with Crippen LogP contribution in [0.2, 0.25) is 0 Å². The van der Waals surface area contributed by atoms with Crippen molar-refractivity contribution in [2.45, 2.75) is 43.7 Å². The van der Waals surface area contributed by atoms with Crippen LogP contribution in [0.4, 0.5) is 5.69 Å². The third-order valence-corrected chi connectivity index (χ3v) is 6.41. The molecule has 0 aliphatic heterocycles. The van der Waals surface area contributed by atoms with Crippen molar-refractivity contribution in [3.05, 3.63) is 60.2 Å². The van der Waals surface area contributed by atoms with Gasteiger partial charge in [-0.25, -0.2) is 8.42 Å². The molecule has 1 aliphatic rings. The third kappa shape index (κ3) is 3.60. The SMILES string of the molecule is CC(C)N(C(=O)c1ccc(S(=O)(=O)N(C)c2ccccc2)cc1)C1CC1. The Bertz CT molecular complexity index is 871. The summed E-state index contributed by atoms with van der Waals surface area (Å²) in [7, 11) is -2.14. The monoisotopic (exact) mass is 372 g/mol. The molecule has 6 heteroatoms. The Morgan fingerprint density at radius 2 is 1.58 bits per heavy atom. The zero-order chi connectivity index (χ0) is 18.9. The van der Waals surface area contributed by atoms with Gasteiger partial charge in [0.25, 0.3) is 15.9 Å². The number of amides is 1. The number of anilines is 1. The molecule has 0 saturated heterocycles. The van der Waals surface area contributed by atoms with Crippen molar-refractivity contribution < 1.29 is 13.2 Å². The molecule has 1 aliphatic carbocycles. The van der Waals surface area contributed by atoms with E-state index in [1.165, 1.54) is 23.5 Å². The number of hydrogen-bond acceptors (Lipinski definition) is 3. The number of hydrogen-bond donors (Lipinski definition) is 0. The molecule has 0 heterocycles. The Morgan fingerprint density at radius 1 is 1.00 bits per heavy atom. The highest BCUT2D eigenvalue weighted by atomic mass is 32.2. The molecule has 1 saturated carbocycles. The van der Waals surface area contributed by atoms with Gasteiger partial charge in [-0.15, -0.1) is 0 Å².